The van der Waals surface area contributed by atoms with Crippen LogP contribution in [0.3, 0.4) is 0 Å². The summed E-state index contributed by atoms with van der Waals surface area (Å²) in [4.78, 5) is 11.1. The van der Waals surface area contributed by atoms with Crippen molar-refractivity contribution >= 4 is 21.8 Å². The first kappa shape index (κ1) is 10.0. The Morgan fingerprint density at radius 2 is 2.17 bits per heavy atom. The van der Waals surface area contributed by atoms with Crippen molar-refractivity contribution in [1.82, 2.24) is 5.32 Å². The fraction of sp³-hybridized carbons (Fsp3) is 0.889. The molecule has 0 aromatic heterocycles. The summed E-state index contributed by atoms with van der Waals surface area (Å²) in [5, 5.41) is 2.94. The average molecular weight is 234 g/mol. The van der Waals surface area contributed by atoms with Gasteiger partial charge >= 0.3 is 0 Å². The number of amides is 1. The minimum atomic E-state index is -0.0566. The standard InChI is InChI=1S/C9H16BrNO/c1-7(10)9(12)11-6-8-4-2-3-5-8/h7-8H,2-6H2,1H3,(H,11,12)/t7-/m0/s1. The van der Waals surface area contributed by atoms with Crippen LogP contribution in [0, 0.1) is 5.92 Å². The number of rotatable bonds is 3. The number of alkyl halides is 1. The third-order valence-corrected chi connectivity index (χ3v) is 2.82. The van der Waals surface area contributed by atoms with Gasteiger partial charge in [0.25, 0.3) is 0 Å². The van der Waals surface area contributed by atoms with E-state index in [0.29, 0.717) is 0 Å². The molecule has 1 N–H and O–H groups in total. The van der Waals surface area contributed by atoms with Gasteiger partial charge < -0.3 is 5.32 Å². The third kappa shape index (κ3) is 3.13. The van der Waals surface area contributed by atoms with E-state index in [4.69, 9.17) is 0 Å². The Morgan fingerprint density at radius 1 is 1.58 bits per heavy atom. The van der Waals surface area contributed by atoms with Gasteiger partial charge in [-0.1, -0.05) is 28.8 Å². The zero-order chi connectivity index (χ0) is 8.97. The monoisotopic (exact) mass is 233 g/mol. The summed E-state index contributed by atoms with van der Waals surface area (Å²) < 4.78 is 0. The van der Waals surface area contributed by atoms with E-state index in [1.165, 1.54) is 25.7 Å². The SMILES string of the molecule is C[C@H](Br)C(=O)NCC1CCCC1. The Morgan fingerprint density at radius 3 is 2.67 bits per heavy atom. The Hall–Kier alpha value is -0.0500. The lowest BCUT2D eigenvalue weighted by Crippen LogP contribution is -2.32. The summed E-state index contributed by atoms with van der Waals surface area (Å²) in [5.41, 5.74) is 0. The van der Waals surface area contributed by atoms with E-state index >= 15 is 0 Å². The molecule has 2 nitrogen and oxygen atoms in total. The average Bonchev–Trinajstić information content (AvgIpc) is 2.51. The largest absolute Gasteiger partial charge is 0.355 e. The molecule has 0 radical (unpaired) electrons. The summed E-state index contributed by atoms with van der Waals surface area (Å²) >= 11 is 3.24. The summed E-state index contributed by atoms with van der Waals surface area (Å²) in [6.45, 7) is 2.72. The number of hydrogen-bond acceptors (Lipinski definition) is 1. The molecule has 0 bridgehead atoms. The molecular weight excluding hydrogens is 218 g/mol. The van der Waals surface area contributed by atoms with Gasteiger partial charge in [0.15, 0.2) is 0 Å². The van der Waals surface area contributed by atoms with Crippen molar-refractivity contribution in [1.29, 1.82) is 0 Å². The molecule has 0 aliphatic heterocycles. The van der Waals surface area contributed by atoms with Crippen LogP contribution in [-0.4, -0.2) is 17.3 Å². The maximum atomic E-state index is 11.1. The molecule has 1 rings (SSSR count). The lowest BCUT2D eigenvalue weighted by Gasteiger charge is -2.11. The third-order valence-electron chi connectivity index (χ3n) is 2.40. The summed E-state index contributed by atoms with van der Waals surface area (Å²) in [6, 6.07) is 0. The van der Waals surface area contributed by atoms with Crippen molar-refractivity contribution in [3.8, 4) is 0 Å². The van der Waals surface area contributed by atoms with Gasteiger partial charge in [0.1, 0.15) is 0 Å². The van der Waals surface area contributed by atoms with E-state index < -0.39 is 0 Å². The first-order valence-electron chi connectivity index (χ1n) is 4.62. The van der Waals surface area contributed by atoms with Crippen LogP contribution in [0.4, 0.5) is 0 Å². The van der Waals surface area contributed by atoms with Crippen molar-refractivity contribution in [3.05, 3.63) is 0 Å². The van der Waals surface area contributed by atoms with E-state index in [0.717, 1.165) is 12.5 Å². The molecule has 12 heavy (non-hydrogen) atoms. The molecule has 0 aromatic rings. The second-order valence-corrected chi connectivity index (χ2v) is 4.89. The molecular formula is C9H16BrNO. The minimum absolute atomic E-state index is 0.0566. The highest BCUT2D eigenvalue weighted by Gasteiger charge is 2.16. The summed E-state index contributed by atoms with van der Waals surface area (Å²) in [7, 11) is 0. The maximum Gasteiger partial charge on any atom is 0.233 e. The van der Waals surface area contributed by atoms with Crippen LogP contribution in [0.5, 0.6) is 0 Å². The second-order valence-electron chi connectivity index (χ2n) is 3.51. The Bertz CT molecular complexity index is 153. The first-order valence-corrected chi connectivity index (χ1v) is 5.53. The maximum absolute atomic E-state index is 11.1. The topological polar surface area (TPSA) is 29.1 Å². The smallest absolute Gasteiger partial charge is 0.233 e. The van der Waals surface area contributed by atoms with E-state index in [1.54, 1.807) is 0 Å². The van der Waals surface area contributed by atoms with Crippen LogP contribution >= 0.6 is 15.9 Å². The summed E-state index contributed by atoms with van der Waals surface area (Å²) in [5.74, 6) is 0.849. The van der Waals surface area contributed by atoms with Gasteiger partial charge in [-0.3, -0.25) is 4.79 Å². The molecule has 1 fully saturated rings. The van der Waals surface area contributed by atoms with Gasteiger partial charge in [0.05, 0.1) is 4.83 Å². The van der Waals surface area contributed by atoms with E-state index in [9.17, 15) is 4.79 Å². The highest BCUT2D eigenvalue weighted by atomic mass is 79.9. The molecule has 0 saturated heterocycles. The molecule has 70 valence electrons. The highest BCUT2D eigenvalue weighted by Crippen LogP contribution is 2.23. The van der Waals surface area contributed by atoms with Gasteiger partial charge in [0, 0.05) is 6.54 Å². The zero-order valence-electron chi connectivity index (χ0n) is 7.48. The van der Waals surface area contributed by atoms with Crippen molar-refractivity contribution in [2.45, 2.75) is 37.4 Å². The van der Waals surface area contributed by atoms with Crippen molar-refractivity contribution in [2.75, 3.05) is 6.54 Å². The molecule has 3 heteroatoms. The van der Waals surface area contributed by atoms with E-state index in [1.807, 2.05) is 6.92 Å². The number of carbonyl (C=O) groups is 1. The Labute approximate surface area is 82.2 Å². The van der Waals surface area contributed by atoms with Crippen LogP contribution in [0.1, 0.15) is 32.6 Å². The molecule has 0 aromatic carbocycles. The fourth-order valence-electron chi connectivity index (χ4n) is 1.60. The lowest BCUT2D eigenvalue weighted by atomic mass is 10.1. The van der Waals surface area contributed by atoms with Crippen molar-refractivity contribution in [2.24, 2.45) is 5.92 Å². The fourth-order valence-corrected chi connectivity index (χ4v) is 1.76. The second kappa shape index (κ2) is 4.85. The minimum Gasteiger partial charge on any atom is -0.355 e. The van der Waals surface area contributed by atoms with Crippen LogP contribution in [0.2, 0.25) is 0 Å². The molecule has 0 heterocycles. The number of carbonyl (C=O) groups excluding carboxylic acids is 1. The van der Waals surface area contributed by atoms with Crippen LogP contribution in [0.25, 0.3) is 0 Å². The first-order chi connectivity index (χ1) is 5.70. The highest BCUT2D eigenvalue weighted by molar-refractivity contribution is 9.10. The lowest BCUT2D eigenvalue weighted by molar-refractivity contribution is -0.120. The molecule has 0 spiro atoms. The normalized spacial score (nSPS) is 20.8. The van der Waals surface area contributed by atoms with Crippen LogP contribution < -0.4 is 5.32 Å². The molecule has 1 atom stereocenters. The van der Waals surface area contributed by atoms with Crippen molar-refractivity contribution in [3.63, 3.8) is 0 Å². The van der Waals surface area contributed by atoms with Gasteiger partial charge in [-0.2, -0.15) is 0 Å². The predicted octanol–water partition coefficient (Wildman–Crippen LogP) is 2.08. The Balaban J connectivity index is 2.12. The number of nitrogens with one attached hydrogen (secondary N) is 1. The molecule has 1 saturated carbocycles. The molecule has 1 amide bonds. The molecule has 0 unspecified atom stereocenters. The van der Waals surface area contributed by atoms with Gasteiger partial charge in [0.2, 0.25) is 5.91 Å². The van der Waals surface area contributed by atoms with E-state index in [2.05, 4.69) is 21.2 Å². The van der Waals surface area contributed by atoms with Gasteiger partial charge in [-0.25, -0.2) is 0 Å². The zero-order valence-corrected chi connectivity index (χ0v) is 9.06. The quantitative estimate of drug-likeness (QED) is 0.744. The predicted molar refractivity (Wildman–Crippen MR) is 53.4 cm³/mol. The van der Waals surface area contributed by atoms with Crippen molar-refractivity contribution < 1.29 is 4.79 Å². The van der Waals surface area contributed by atoms with Gasteiger partial charge in [-0.15, -0.1) is 0 Å². The van der Waals surface area contributed by atoms with E-state index in [-0.39, 0.29) is 10.7 Å². The molecule has 1 aliphatic rings. The Kier molecular flexibility index (Phi) is 4.06. The number of hydrogen-bond donors (Lipinski definition) is 1. The summed E-state index contributed by atoms with van der Waals surface area (Å²) in [6.07, 6.45) is 5.25. The van der Waals surface area contributed by atoms with Crippen LogP contribution in [0.15, 0.2) is 0 Å². The number of halogens is 1. The van der Waals surface area contributed by atoms with Gasteiger partial charge in [-0.05, 0) is 25.7 Å². The molecule has 1 aliphatic carbocycles. The van der Waals surface area contributed by atoms with Crippen LogP contribution in [-0.2, 0) is 4.79 Å².